The molecule has 0 spiro atoms. The van der Waals surface area contributed by atoms with Gasteiger partial charge in [0.05, 0.1) is 37.5 Å². The fourth-order valence-electron chi connectivity index (χ4n) is 4.25. The van der Waals surface area contributed by atoms with Gasteiger partial charge >= 0.3 is 5.97 Å². The van der Waals surface area contributed by atoms with Crippen molar-refractivity contribution >= 4 is 23.4 Å². The molecule has 0 atom stereocenters. The molecule has 4 rings (SSSR count). The Hall–Kier alpha value is -3.61. The van der Waals surface area contributed by atoms with Crippen LogP contribution in [0.25, 0.3) is 5.57 Å². The van der Waals surface area contributed by atoms with Crippen LogP contribution < -0.4 is 9.47 Å². The van der Waals surface area contributed by atoms with Gasteiger partial charge in [-0.15, -0.1) is 0 Å². The topological polar surface area (TPSA) is 82.1 Å². The monoisotopic (exact) mass is 449 g/mol. The number of methoxy groups -OCH3 is 1. The van der Waals surface area contributed by atoms with Crippen molar-refractivity contribution in [3.8, 4) is 11.5 Å². The Morgan fingerprint density at radius 1 is 1.03 bits per heavy atom. The number of carbonyl (C=O) groups excluding carboxylic acids is 3. The molecule has 2 amide bonds. The Morgan fingerprint density at radius 3 is 2.30 bits per heavy atom. The summed E-state index contributed by atoms with van der Waals surface area (Å²) >= 11 is 0. The molecule has 0 N–H and O–H groups in total. The minimum atomic E-state index is -0.543. The van der Waals surface area contributed by atoms with Gasteiger partial charge in [0.2, 0.25) is 0 Å². The Balaban J connectivity index is 1.67. The fourth-order valence-corrected chi connectivity index (χ4v) is 4.25. The van der Waals surface area contributed by atoms with Crippen molar-refractivity contribution in [2.75, 3.05) is 20.3 Å². The minimum Gasteiger partial charge on any atom is -0.493 e. The van der Waals surface area contributed by atoms with Crippen LogP contribution in [0.2, 0.25) is 0 Å². The first kappa shape index (κ1) is 22.6. The van der Waals surface area contributed by atoms with Crippen LogP contribution in [0.15, 0.2) is 48.5 Å². The molecule has 1 aliphatic heterocycles. The van der Waals surface area contributed by atoms with Crippen molar-refractivity contribution in [2.45, 2.75) is 38.7 Å². The molecule has 0 saturated heterocycles. The highest BCUT2D eigenvalue weighted by Gasteiger charge is 2.35. The Kier molecular flexibility index (Phi) is 6.77. The van der Waals surface area contributed by atoms with Gasteiger partial charge in [0.1, 0.15) is 0 Å². The first-order valence-corrected chi connectivity index (χ1v) is 11.2. The molecule has 0 bridgehead atoms. The highest BCUT2D eigenvalue weighted by molar-refractivity contribution is 6.22. The maximum absolute atomic E-state index is 12.9. The smallest absolute Gasteiger partial charge is 0.331 e. The van der Waals surface area contributed by atoms with Crippen LogP contribution in [0.5, 0.6) is 11.5 Å². The molecule has 2 aromatic carbocycles. The van der Waals surface area contributed by atoms with Gasteiger partial charge in [-0.1, -0.05) is 18.2 Å². The van der Waals surface area contributed by atoms with Gasteiger partial charge < -0.3 is 14.2 Å². The zero-order valence-electron chi connectivity index (χ0n) is 18.8. The largest absolute Gasteiger partial charge is 0.493 e. The second kappa shape index (κ2) is 9.90. The number of fused-ring (bicyclic) bond motifs is 1. The van der Waals surface area contributed by atoms with Gasteiger partial charge in [-0.2, -0.15) is 0 Å². The first-order chi connectivity index (χ1) is 16.0. The summed E-state index contributed by atoms with van der Waals surface area (Å²) in [6.07, 6.45) is 5.65. The molecule has 7 nitrogen and oxygen atoms in total. The molecule has 1 aliphatic carbocycles. The number of rotatable bonds is 8. The van der Waals surface area contributed by atoms with Crippen LogP contribution in [0.1, 0.15) is 58.9 Å². The van der Waals surface area contributed by atoms with Crippen LogP contribution >= 0.6 is 0 Å². The number of esters is 1. The van der Waals surface area contributed by atoms with Gasteiger partial charge in [0.25, 0.3) is 11.8 Å². The van der Waals surface area contributed by atoms with E-state index in [1.807, 2.05) is 0 Å². The Bertz CT molecular complexity index is 1060. The zero-order valence-corrected chi connectivity index (χ0v) is 18.8. The standard InChI is InChI=1S/C26H27NO6/c1-3-32-24(28)15-18(16-27-25(29)20-10-6-7-11-21(20)26(27)30)17-12-13-22(31-2)23(14-17)33-19-8-4-5-9-19/h6-7,10-15,19H,3-5,8-9,16H2,1-2H3/b18-15+. The molecule has 0 unspecified atom stereocenters. The van der Waals surface area contributed by atoms with Crippen LogP contribution in [-0.2, 0) is 9.53 Å². The molecule has 33 heavy (non-hydrogen) atoms. The molecular formula is C26H27NO6. The van der Waals surface area contributed by atoms with E-state index in [1.165, 1.54) is 6.08 Å². The number of hydrogen-bond donors (Lipinski definition) is 0. The quantitative estimate of drug-likeness (QED) is 0.340. The van der Waals surface area contributed by atoms with Gasteiger partial charge in [-0.05, 0) is 68.0 Å². The van der Waals surface area contributed by atoms with Crippen molar-refractivity contribution in [1.29, 1.82) is 0 Å². The first-order valence-electron chi connectivity index (χ1n) is 11.2. The number of ether oxygens (including phenoxy) is 3. The maximum Gasteiger partial charge on any atom is 0.331 e. The van der Waals surface area contributed by atoms with E-state index in [1.54, 1.807) is 56.5 Å². The summed E-state index contributed by atoms with van der Waals surface area (Å²) in [5, 5.41) is 0. The summed E-state index contributed by atoms with van der Waals surface area (Å²) in [5.41, 5.74) is 1.84. The van der Waals surface area contributed by atoms with Gasteiger partial charge in [-0.25, -0.2) is 4.79 Å². The number of nitrogens with zero attached hydrogens (tertiary/aromatic N) is 1. The fraction of sp³-hybridized carbons (Fsp3) is 0.346. The van der Waals surface area contributed by atoms with Gasteiger partial charge in [0, 0.05) is 6.08 Å². The lowest BCUT2D eigenvalue weighted by molar-refractivity contribution is -0.137. The predicted molar refractivity (Wildman–Crippen MR) is 122 cm³/mol. The third-order valence-corrected chi connectivity index (χ3v) is 5.92. The summed E-state index contributed by atoms with van der Waals surface area (Å²) < 4.78 is 16.7. The SMILES string of the molecule is CCOC(=O)/C=C(\CN1C(=O)c2ccccc2C1=O)c1ccc(OC)c(OC2CCCC2)c1. The molecular weight excluding hydrogens is 422 g/mol. The zero-order chi connectivity index (χ0) is 23.4. The molecule has 172 valence electrons. The van der Waals surface area contributed by atoms with Crippen molar-refractivity contribution in [3.05, 3.63) is 65.2 Å². The maximum atomic E-state index is 12.9. The molecule has 1 fully saturated rings. The van der Waals surface area contributed by atoms with Crippen LogP contribution in [-0.4, -0.2) is 49.0 Å². The number of hydrogen-bond acceptors (Lipinski definition) is 6. The van der Waals surface area contributed by atoms with E-state index < -0.39 is 5.97 Å². The molecule has 2 aliphatic rings. The second-order valence-corrected chi connectivity index (χ2v) is 8.05. The molecule has 1 saturated carbocycles. The van der Waals surface area contributed by atoms with Crippen LogP contribution in [0.4, 0.5) is 0 Å². The summed E-state index contributed by atoms with van der Waals surface area (Å²) in [6, 6.07) is 12.0. The summed E-state index contributed by atoms with van der Waals surface area (Å²) in [5.74, 6) is -0.165. The van der Waals surface area contributed by atoms with E-state index in [0.717, 1.165) is 30.6 Å². The van der Waals surface area contributed by atoms with Crippen molar-refractivity contribution < 1.29 is 28.6 Å². The van der Waals surface area contributed by atoms with E-state index in [2.05, 4.69) is 0 Å². The Labute approximate surface area is 192 Å². The third-order valence-electron chi connectivity index (χ3n) is 5.92. The molecule has 1 heterocycles. The lowest BCUT2D eigenvalue weighted by atomic mass is 10.0. The average Bonchev–Trinajstić information content (AvgIpc) is 3.41. The van der Waals surface area contributed by atoms with Crippen molar-refractivity contribution in [1.82, 2.24) is 4.90 Å². The normalized spacial score (nSPS) is 16.2. The van der Waals surface area contributed by atoms with E-state index in [9.17, 15) is 14.4 Å². The lowest BCUT2D eigenvalue weighted by Crippen LogP contribution is -2.31. The molecule has 7 heteroatoms. The van der Waals surface area contributed by atoms with Crippen molar-refractivity contribution in [3.63, 3.8) is 0 Å². The van der Waals surface area contributed by atoms with Gasteiger partial charge in [0.15, 0.2) is 11.5 Å². The molecule has 0 radical (unpaired) electrons. The van der Waals surface area contributed by atoms with Gasteiger partial charge in [-0.3, -0.25) is 14.5 Å². The van der Waals surface area contributed by atoms with E-state index >= 15 is 0 Å². The predicted octanol–water partition coefficient (Wildman–Crippen LogP) is 4.26. The third kappa shape index (κ3) is 4.77. The highest BCUT2D eigenvalue weighted by Crippen LogP contribution is 2.35. The van der Waals surface area contributed by atoms with Crippen molar-refractivity contribution in [2.24, 2.45) is 0 Å². The second-order valence-electron chi connectivity index (χ2n) is 8.05. The average molecular weight is 450 g/mol. The summed E-state index contributed by atoms with van der Waals surface area (Å²) in [6.45, 7) is 1.87. The minimum absolute atomic E-state index is 0.0691. The van der Waals surface area contributed by atoms with E-state index in [-0.39, 0.29) is 31.1 Å². The highest BCUT2D eigenvalue weighted by atomic mass is 16.5. The number of imide groups is 1. The van der Waals surface area contributed by atoms with Crippen LogP contribution in [0, 0.1) is 0 Å². The van der Waals surface area contributed by atoms with E-state index in [4.69, 9.17) is 14.2 Å². The molecule has 2 aromatic rings. The van der Waals surface area contributed by atoms with Crippen LogP contribution in [0.3, 0.4) is 0 Å². The number of amides is 2. The summed E-state index contributed by atoms with van der Waals surface area (Å²) in [7, 11) is 1.57. The number of benzene rings is 2. The van der Waals surface area contributed by atoms with E-state index in [0.29, 0.717) is 33.8 Å². The lowest BCUT2D eigenvalue weighted by Gasteiger charge is -2.20. The Morgan fingerprint density at radius 2 is 1.70 bits per heavy atom. The summed E-state index contributed by atoms with van der Waals surface area (Å²) in [4.78, 5) is 39.3. The molecule has 0 aromatic heterocycles. The number of carbonyl (C=O) groups is 3.